The summed E-state index contributed by atoms with van der Waals surface area (Å²) < 4.78 is 0.534. The third kappa shape index (κ3) is 1.44. The predicted molar refractivity (Wildman–Crippen MR) is 42.2 cm³/mol. The highest BCUT2D eigenvalue weighted by atomic mass is 79.9. The van der Waals surface area contributed by atoms with Crippen LogP contribution in [-0.2, 0) is 0 Å². The average Bonchev–Trinajstić information content (AvgIpc) is 1.85. The van der Waals surface area contributed by atoms with E-state index in [1.165, 1.54) is 12.1 Å². The van der Waals surface area contributed by atoms with E-state index in [1.807, 2.05) is 0 Å². The van der Waals surface area contributed by atoms with Gasteiger partial charge in [-0.1, -0.05) is 15.9 Å². The van der Waals surface area contributed by atoms with Crippen molar-refractivity contribution < 1.29 is 10.2 Å². The predicted octanol–water partition coefficient (Wildman–Crippen LogP) is 1.73. The fourth-order valence-electron chi connectivity index (χ4n) is 0.693. The molecule has 3 nitrogen and oxygen atoms in total. The summed E-state index contributed by atoms with van der Waals surface area (Å²) >= 11 is 3.05. The van der Waals surface area contributed by atoms with Gasteiger partial charge in [-0.05, 0) is 12.1 Å². The van der Waals surface area contributed by atoms with E-state index in [4.69, 9.17) is 15.5 Å². The zero-order chi connectivity index (χ0) is 8.43. The van der Waals surface area contributed by atoms with Crippen molar-refractivity contribution in [2.24, 2.45) is 0 Å². The van der Waals surface area contributed by atoms with Crippen molar-refractivity contribution in [3.8, 4) is 17.6 Å². The summed E-state index contributed by atoms with van der Waals surface area (Å²) in [4.78, 5) is 0. The van der Waals surface area contributed by atoms with E-state index in [2.05, 4.69) is 15.9 Å². The summed E-state index contributed by atoms with van der Waals surface area (Å²) in [5, 5.41) is 26.5. The standard InChI is InChI=1S/C7H4BrNO2/c8-4-1-6(10)5(3-9)7(11)2-4/h1-2,10-11H. The molecule has 0 aliphatic heterocycles. The second-order valence-corrected chi connectivity index (χ2v) is 2.85. The molecule has 0 spiro atoms. The van der Waals surface area contributed by atoms with Gasteiger partial charge in [0, 0.05) is 4.47 Å². The van der Waals surface area contributed by atoms with Gasteiger partial charge in [-0.3, -0.25) is 0 Å². The Morgan fingerprint density at radius 1 is 1.27 bits per heavy atom. The minimum atomic E-state index is -0.223. The normalized spacial score (nSPS) is 9.09. The summed E-state index contributed by atoms with van der Waals surface area (Å²) in [5.41, 5.74) is -0.104. The molecule has 56 valence electrons. The Balaban J connectivity index is 3.40. The lowest BCUT2D eigenvalue weighted by atomic mass is 10.2. The molecule has 0 heterocycles. The molecule has 0 bridgehead atoms. The van der Waals surface area contributed by atoms with Crippen LogP contribution in [-0.4, -0.2) is 10.2 Å². The van der Waals surface area contributed by atoms with Gasteiger partial charge in [-0.2, -0.15) is 5.26 Å². The highest BCUT2D eigenvalue weighted by molar-refractivity contribution is 9.10. The van der Waals surface area contributed by atoms with Crippen molar-refractivity contribution in [2.75, 3.05) is 0 Å². The molecule has 0 fully saturated rings. The minimum Gasteiger partial charge on any atom is -0.506 e. The Hall–Kier alpha value is -1.21. The van der Waals surface area contributed by atoms with Crippen molar-refractivity contribution in [2.45, 2.75) is 0 Å². The third-order valence-electron chi connectivity index (χ3n) is 1.17. The van der Waals surface area contributed by atoms with Crippen molar-refractivity contribution >= 4 is 15.9 Å². The Labute approximate surface area is 71.6 Å². The maximum atomic E-state index is 9.06. The highest BCUT2D eigenvalue weighted by Gasteiger charge is 2.06. The molecular weight excluding hydrogens is 210 g/mol. The second-order valence-electron chi connectivity index (χ2n) is 1.93. The van der Waals surface area contributed by atoms with Crippen LogP contribution in [0.25, 0.3) is 0 Å². The number of nitrogens with zero attached hydrogens (tertiary/aromatic N) is 1. The fourth-order valence-corrected chi connectivity index (χ4v) is 1.13. The fraction of sp³-hybridized carbons (Fsp3) is 0. The van der Waals surface area contributed by atoms with E-state index in [0.717, 1.165) is 0 Å². The lowest BCUT2D eigenvalue weighted by Crippen LogP contribution is -1.77. The highest BCUT2D eigenvalue weighted by Crippen LogP contribution is 2.29. The van der Waals surface area contributed by atoms with E-state index in [9.17, 15) is 0 Å². The Morgan fingerprint density at radius 3 is 2.09 bits per heavy atom. The number of phenolic OH excluding ortho intramolecular Hbond substituents is 2. The Kier molecular flexibility index (Phi) is 2.01. The number of phenols is 2. The Bertz CT molecular complexity index is 307. The van der Waals surface area contributed by atoms with Crippen LogP contribution in [0.2, 0.25) is 0 Å². The number of hydrogen-bond donors (Lipinski definition) is 2. The van der Waals surface area contributed by atoms with Crippen LogP contribution in [0.15, 0.2) is 16.6 Å². The van der Waals surface area contributed by atoms with E-state index >= 15 is 0 Å². The molecule has 0 aliphatic rings. The van der Waals surface area contributed by atoms with Gasteiger partial charge < -0.3 is 10.2 Å². The first kappa shape index (κ1) is 7.89. The van der Waals surface area contributed by atoms with Gasteiger partial charge >= 0.3 is 0 Å². The van der Waals surface area contributed by atoms with Crippen LogP contribution in [0.4, 0.5) is 0 Å². The zero-order valence-electron chi connectivity index (χ0n) is 5.37. The maximum absolute atomic E-state index is 9.06. The summed E-state index contributed by atoms with van der Waals surface area (Å²) in [5.74, 6) is -0.446. The largest absolute Gasteiger partial charge is 0.506 e. The van der Waals surface area contributed by atoms with Gasteiger partial charge in [-0.25, -0.2) is 0 Å². The van der Waals surface area contributed by atoms with Crippen LogP contribution in [0, 0.1) is 11.3 Å². The lowest BCUT2D eigenvalue weighted by molar-refractivity contribution is 0.447. The molecule has 0 atom stereocenters. The molecule has 2 N–H and O–H groups in total. The summed E-state index contributed by atoms with van der Waals surface area (Å²) in [6.07, 6.45) is 0. The summed E-state index contributed by atoms with van der Waals surface area (Å²) in [7, 11) is 0. The number of nitriles is 1. The van der Waals surface area contributed by atoms with Crippen molar-refractivity contribution in [1.82, 2.24) is 0 Å². The molecule has 0 unspecified atom stereocenters. The zero-order valence-corrected chi connectivity index (χ0v) is 6.96. The lowest BCUT2D eigenvalue weighted by Gasteiger charge is -1.98. The maximum Gasteiger partial charge on any atom is 0.138 e. The monoisotopic (exact) mass is 213 g/mol. The van der Waals surface area contributed by atoms with Crippen LogP contribution in [0.1, 0.15) is 5.56 Å². The smallest absolute Gasteiger partial charge is 0.138 e. The number of aromatic hydroxyl groups is 2. The molecule has 0 saturated carbocycles. The molecule has 1 aromatic carbocycles. The van der Waals surface area contributed by atoms with E-state index in [1.54, 1.807) is 6.07 Å². The molecule has 1 rings (SSSR count). The molecule has 0 saturated heterocycles. The average molecular weight is 214 g/mol. The van der Waals surface area contributed by atoms with Crippen molar-refractivity contribution in [1.29, 1.82) is 5.26 Å². The first-order valence-corrected chi connectivity index (χ1v) is 3.56. The quantitative estimate of drug-likeness (QED) is 0.691. The molecule has 0 amide bonds. The van der Waals surface area contributed by atoms with E-state index < -0.39 is 0 Å². The third-order valence-corrected chi connectivity index (χ3v) is 1.63. The molecular formula is C7H4BrNO2. The molecule has 11 heavy (non-hydrogen) atoms. The molecule has 0 radical (unpaired) electrons. The van der Waals surface area contributed by atoms with Crippen molar-refractivity contribution in [3.05, 3.63) is 22.2 Å². The van der Waals surface area contributed by atoms with Crippen LogP contribution in [0.3, 0.4) is 0 Å². The van der Waals surface area contributed by atoms with Gasteiger partial charge in [0.2, 0.25) is 0 Å². The minimum absolute atomic E-state index is 0.104. The van der Waals surface area contributed by atoms with Gasteiger partial charge in [0.25, 0.3) is 0 Å². The first-order chi connectivity index (χ1) is 5.15. The summed E-state index contributed by atoms with van der Waals surface area (Å²) in [6.45, 7) is 0. The first-order valence-electron chi connectivity index (χ1n) is 2.76. The number of rotatable bonds is 0. The van der Waals surface area contributed by atoms with Crippen LogP contribution in [0.5, 0.6) is 11.5 Å². The van der Waals surface area contributed by atoms with E-state index in [-0.39, 0.29) is 17.1 Å². The summed E-state index contributed by atoms with van der Waals surface area (Å²) in [6, 6.07) is 4.36. The van der Waals surface area contributed by atoms with E-state index in [0.29, 0.717) is 4.47 Å². The van der Waals surface area contributed by atoms with Crippen molar-refractivity contribution in [3.63, 3.8) is 0 Å². The van der Waals surface area contributed by atoms with Gasteiger partial charge in [-0.15, -0.1) is 0 Å². The molecule has 0 aromatic heterocycles. The van der Waals surface area contributed by atoms with Crippen LogP contribution >= 0.6 is 15.9 Å². The number of halogens is 1. The Morgan fingerprint density at radius 2 is 1.73 bits per heavy atom. The second kappa shape index (κ2) is 2.81. The molecule has 1 aromatic rings. The SMILES string of the molecule is N#Cc1c(O)cc(Br)cc1O. The number of benzene rings is 1. The van der Waals surface area contributed by atoms with Gasteiger partial charge in [0.15, 0.2) is 0 Å². The van der Waals surface area contributed by atoms with Gasteiger partial charge in [0.05, 0.1) is 0 Å². The molecule has 0 aliphatic carbocycles. The van der Waals surface area contributed by atoms with Gasteiger partial charge in [0.1, 0.15) is 23.1 Å². The molecule has 4 heteroatoms. The van der Waals surface area contributed by atoms with Crippen LogP contribution < -0.4 is 0 Å². The topological polar surface area (TPSA) is 64.2 Å². The number of hydrogen-bond acceptors (Lipinski definition) is 3.